The number of aromatic nitrogens is 1. The predicted molar refractivity (Wildman–Crippen MR) is 66.6 cm³/mol. The van der Waals surface area contributed by atoms with E-state index in [2.05, 4.69) is 29.8 Å². The molecule has 1 heterocycles. The second kappa shape index (κ2) is 4.12. The Balaban J connectivity index is 2.48. The fourth-order valence-electron chi connectivity index (χ4n) is 2.31. The highest BCUT2D eigenvalue weighted by Gasteiger charge is 2.13. The second-order valence-corrected chi connectivity index (χ2v) is 4.52. The number of ketones is 1. The number of fused-ring (bicyclic) bond motifs is 1. The number of Topliss-reactive ketones (excluding diaryl/α,β-unsaturated/α-hetero) is 1. The van der Waals surface area contributed by atoms with E-state index in [-0.39, 0.29) is 5.78 Å². The summed E-state index contributed by atoms with van der Waals surface area (Å²) in [5, 5.41) is 1.26. The highest BCUT2D eigenvalue weighted by Crippen LogP contribution is 2.28. The zero-order chi connectivity index (χ0) is 11.7. The van der Waals surface area contributed by atoms with Crippen molar-refractivity contribution in [2.75, 3.05) is 0 Å². The van der Waals surface area contributed by atoms with E-state index in [1.165, 1.54) is 16.5 Å². The number of rotatable bonds is 3. The number of nitrogens with zero attached hydrogens (tertiary/aromatic N) is 1. The highest BCUT2D eigenvalue weighted by molar-refractivity contribution is 5.85. The third-order valence-electron chi connectivity index (χ3n) is 3.05. The van der Waals surface area contributed by atoms with Crippen LogP contribution in [0.4, 0.5) is 0 Å². The van der Waals surface area contributed by atoms with E-state index in [1.54, 1.807) is 6.92 Å². The normalized spacial score (nSPS) is 12.9. The van der Waals surface area contributed by atoms with Gasteiger partial charge in [-0.25, -0.2) is 0 Å². The van der Waals surface area contributed by atoms with E-state index in [4.69, 9.17) is 0 Å². The first kappa shape index (κ1) is 10.9. The van der Waals surface area contributed by atoms with Gasteiger partial charge >= 0.3 is 0 Å². The first-order valence-corrected chi connectivity index (χ1v) is 5.63. The predicted octanol–water partition coefficient (Wildman–Crippen LogP) is 3.26. The summed E-state index contributed by atoms with van der Waals surface area (Å²) >= 11 is 0. The molecule has 2 aromatic rings. The number of aryl methyl sites for hydroxylation is 1. The maximum absolute atomic E-state index is 11.2. The average molecular weight is 215 g/mol. The van der Waals surface area contributed by atoms with Gasteiger partial charge in [-0.1, -0.05) is 25.1 Å². The quantitative estimate of drug-likeness (QED) is 0.770. The van der Waals surface area contributed by atoms with Crippen molar-refractivity contribution in [2.45, 2.75) is 26.2 Å². The SMILES string of the molecule is CC(=O)C[C@@H](C)c1cn(C)c2ccccc12. The molecule has 1 aromatic heterocycles. The van der Waals surface area contributed by atoms with Gasteiger partial charge in [-0.3, -0.25) is 0 Å². The van der Waals surface area contributed by atoms with Crippen molar-refractivity contribution < 1.29 is 4.79 Å². The summed E-state index contributed by atoms with van der Waals surface area (Å²) in [4.78, 5) is 11.2. The van der Waals surface area contributed by atoms with Gasteiger partial charge in [-0.2, -0.15) is 0 Å². The molecular weight excluding hydrogens is 198 g/mol. The number of para-hydroxylation sites is 1. The minimum atomic E-state index is 0.250. The molecule has 0 unspecified atom stereocenters. The van der Waals surface area contributed by atoms with Crippen molar-refractivity contribution in [1.82, 2.24) is 4.57 Å². The van der Waals surface area contributed by atoms with Gasteiger partial charge < -0.3 is 9.36 Å². The van der Waals surface area contributed by atoms with Gasteiger partial charge in [-0.15, -0.1) is 0 Å². The van der Waals surface area contributed by atoms with Gasteiger partial charge in [0, 0.05) is 30.6 Å². The Morgan fingerprint density at radius 3 is 2.75 bits per heavy atom. The molecule has 1 atom stereocenters. The molecule has 0 saturated heterocycles. The Morgan fingerprint density at radius 1 is 1.38 bits per heavy atom. The number of benzene rings is 1. The van der Waals surface area contributed by atoms with Crippen LogP contribution in [0.5, 0.6) is 0 Å². The van der Waals surface area contributed by atoms with Crippen molar-refractivity contribution in [2.24, 2.45) is 7.05 Å². The van der Waals surface area contributed by atoms with Gasteiger partial charge in [0.2, 0.25) is 0 Å². The summed E-state index contributed by atoms with van der Waals surface area (Å²) in [5.41, 5.74) is 2.50. The first-order chi connectivity index (χ1) is 7.59. The van der Waals surface area contributed by atoms with E-state index < -0.39 is 0 Å². The Kier molecular flexibility index (Phi) is 2.82. The fraction of sp³-hybridized carbons (Fsp3) is 0.357. The summed E-state index contributed by atoms with van der Waals surface area (Å²) in [5.74, 6) is 0.545. The summed E-state index contributed by atoms with van der Waals surface area (Å²) in [7, 11) is 2.05. The van der Waals surface area contributed by atoms with Gasteiger partial charge in [0.1, 0.15) is 5.78 Å². The summed E-state index contributed by atoms with van der Waals surface area (Å²) in [6, 6.07) is 8.33. The lowest BCUT2D eigenvalue weighted by molar-refractivity contribution is -0.117. The van der Waals surface area contributed by atoms with Crippen LogP contribution in [0.15, 0.2) is 30.5 Å². The topological polar surface area (TPSA) is 22.0 Å². The number of carbonyl (C=O) groups is 1. The molecule has 0 saturated carbocycles. The van der Waals surface area contributed by atoms with Crippen LogP contribution in [-0.4, -0.2) is 10.4 Å². The van der Waals surface area contributed by atoms with Crippen LogP contribution in [0, 0.1) is 0 Å². The van der Waals surface area contributed by atoms with Gasteiger partial charge in [0.15, 0.2) is 0 Å². The Labute approximate surface area is 95.9 Å². The summed E-state index contributed by atoms with van der Waals surface area (Å²) in [6.45, 7) is 3.77. The van der Waals surface area contributed by atoms with Crippen molar-refractivity contribution in [3.63, 3.8) is 0 Å². The molecule has 2 heteroatoms. The largest absolute Gasteiger partial charge is 0.350 e. The molecule has 2 nitrogen and oxygen atoms in total. The van der Waals surface area contributed by atoms with Crippen LogP contribution in [0.1, 0.15) is 31.7 Å². The molecule has 0 aliphatic heterocycles. The lowest BCUT2D eigenvalue weighted by atomic mass is 9.96. The maximum atomic E-state index is 11.2. The second-order valence-electron chi connectivity index (χ2n) is 4.52. The van der Waals surface area contributed by atoms with Gasteiger partial charge in [-0.05, 0) is 24.5 Å². The van der Waals surface area contributed by atoms with Crippen molar-refractivity contribution in [3.05, 3.63) is 36.0 Å². The standard InChI is InChI=1S/C14H17NO/c1-10(8-11(2)16)13-9-15(3)14-7-5-4-6-12(13)14/h4-7,9-10H,8H2,1-3H3/t10-/m1/s1. The average Bonchev–Trinajstić information content (AvgIpc) is 2.56. The number of hydrogen-bond donors (Lipinski definition) is 0. The highest BCUT2D eigenvalue weighted by atomic mass is 16.1. The molecule has 0 bridgehead atoms. The van der Waals surface area contributed by atoms with Crippen LogP contribution >= 0.6 is 0 Å². The number of carbonyl (C=O) groups excluding carboxylic acids is 1. The maximum Gasteiger partial charge on any atom is 0.130 e. The van der Waals surface area contributed by atoms with Crippen molar-refractivity contribution in [3.8, 4) is 0 Å². The van der Waals surface area contributed by atoms with Crippen LogP contribution in [0.3, 0.4) is 0 Å². The molecule has 0 aliphatic rings. The molecule has 2 rings (SSSR count). The van der Waals surface area contributed by atoms with Crippen molar-refractivity contribution in [1.29, 1.82) is 0 Å². The molecule has 0 amide bonds. The minimum Gasteiger partial charge on any atom is -0.350 e. The third-order valence-corrected chi connectivity index (χ3v) is 3.05. The third kappa shape index (κ3) is 1.87. The summed E-state index contributed by atoms with van der Waals surface area (Å²) in [6.07, 6.45) is 2.76. The molecule has 16 heavy (non-hydrogen) atoms. The van der Waals surface area contributed by atoms with E-state index in [9.17, 15) is 4.79 Å². The molecule has 84 valence electrons. The number of hydrogen-bond acceptors (Lipinski definition) is 1. The smallest absolute Gasteiger partial charge is 0.130 e. The zero-order valence-electron chi connectivity index (χ0n) is 10.0. The lowest BCUT2D eigenvalue weighted by Gasteiger charge is -2.07. The van der Waals surface area contributed by atoms with E-state index in [0.29, 0.717) is 12.3 Å². The minimum absolute atomic E-state index is 0.250. The molecule has 0 fully saturated rings. The molecule has 0 N–H and O–H groups in total. The molecule has 1 aromatic carbocycles. The van der Waals surface area contributed by atoms with Crippen LogP contribution in [0.2, 0.25) is 0 Å². The Bertz CT molecular complexity index is 525. The molecule has 0 aliphatic carbocycles. The zero-order valence-corrected chi connectivity index (χ0v) is 10.0. The first-order valence-electron chi connectivity index (χ1n) is 5.63. The Morgan fingerprint density at radius 2 is 2.06 bits per heavy atom. The van der Waals surface area contributed by atoms with Crippen molar-refractivity contribution >= 4 is 16.7 Å². The van der Waals surface area contributed by atoms with Crippen LogP contribution < -0.4 is 0 Å². The lowest BCUT2D eigenvalue weighted by Crippen LogP contribution is -1.99. The van der Waals surface area contributed by atoms with E-state index in [1.807, 2.05) is 19.2 Å². The van der Waals surface area contributed by atoms with E-state index >= 15 is 0 Å². The molecular formula is C14H17NO. The molecule has 0 spiro atoms. The van der Waals surface area contributed by atoms with Crippen LogP contribution in [0.25, 0.3) is 10.9 Å². The monoisotopic (exact) mass is 215 g/mol. The van der Waals surface area contributed by atoms with E-state index in [0.717, 1.165) is 0 Å². The fourth-order valence-corrected chi connectivity index (χ4v) is 2.31. The Hall–Kier alpha value is -1.57. The molecule has 0 radical (unpaired) electrons. The van der Waals surface area contributed by atoms with Gasteiger partial charge in [0.05, 0.1) is 0 Å². The van der Waals surface area contributed by atoms with Crippen LogP contribution in [-0.2, 0) is 11.8 Å². The summed E-state index contributed by atoms with van der Waals surface area (Å²) < 4.78 is 2.13. The van der Waals surface area contributed by atoms with Gasteiger partial charge in [0.25, 0.3) is 0 Å².